The number of aromatic nitrogens is 1. The van der Waals surface area contributed by atoms with Crippen LogP contribution in [0.3, 0.4) is 0 Å². The summed E-state index contributed by atoms with van der Waals surface area (Å²) in [4.78, 5) is 15.1. The Labute approximate surface area is 108 Å². The monoisotopic (exact) mass is 254 g/mol. The molecule has 0 atom stereocenters. The number of nitrogens with two attached hydrogens (primary N) is 1. The highest BCUT2D eigenvalue weighted by molar-refractivity contribution is 6.07. The van der Waals surface area contributed by atoms with Gasteiger partial charge in [-0.1, -0.05) is 30.3 Å². The lowest BCUT2D eigenvalue weighted by Crippen LogP contribution is -1.98. The van der Waals surface area contributed by atoms with Crippen molar-refractivity contribution in [2.45, 2.75) is 0 Å². The van der Waals surface area contributed by atoms with Gasteiger partial charge >= 0.3 is 5.97 Å². The van der Waals surface area contributed by atoms with Crippen LogP contribution in [0.25, 0.3) is 22.2 Å². The van der Waals surface area contributed by atoms with Gasteiger partial charge in [-0.15, -0.1) is 0 Å². The van der Waals surface area contributed by atoms with E-state index in [9.17, 15) is 4.79 Å². The number of hydrogen-bond donors (Lipinski definition) is 2. The van der Waals surface area contributed by atoms with Gasteiger partial charge in [0.15, 0.2) is 0 Å². The van der Waals surface area contributed by atoms with E-state index in [0.717, 1.165) is 11.1 Å². The number of carboxylic acid groups (broad SMARTS) is 1. The van der Waals surface area contributed by atoms with Crippen molar-refractivity contribution in [2.24, 2.45) is 0 Å². The first kappa shape index (κ1) is 11.3. The molecule has 0 amide bonds. The summed E-state index contributed by atoms with van der Waals surface area (Å²) < 4.78 is 5.19. The summed E-state index contributed by atoms with van der Waals surface area (Å²) in [6.45, 7) is 0. The van der Waals surface area contributed by atoms with E-state index < -0.39 is 5.97 Å². The zero-order chi connectivity index (χ0) is 13.4. The minimum Gasteiger partial charge on any atom is -0.475 e. The zero-order valence-electron chi connectivity index (χ0n) is 9.83. The van der Waals surface area contributed by atoms with E-state index in [4.69, 9.17) is 15.3 Å². The minimum atomic E-state index is -1.20. The number of rotatable bonds is 2. The van der Waals surface area contributed by atoms with E-state index in [2.05, 4.69) is 4.98 Å². The van der Waals surface area contributed by atoms with Crippen LogP contribution in [0.5, 0.6) is 0 Å². The topological polar surface area (TPSA) is 89.4 Å². The van der Waals surface area contributed by atoms with E-state index >= 15 is 0 Å². The Morgan fingerprint density at radius 1 is 1.21 bits per heavy atom. The molecule has 0 bridgehead atoms. The van der Waals surface area contributed by atoms with Crippen molar-refractivity contribution in [3.8, 4) is 11.1 Å². The fraction of sp³-hybridized carbons (Fsp3) is 0. The summed E-state index contributed by atoms with van der Waals surface area (Å²) in [5.41, 5.74) is 7.94. The molecule has 5 heteroatoms. The highest BCUT2D eigenvalue weighted by atomic mass is 16.4. The lowest BCUT2D eigenvalue weighted by Gasteiger charge is -2.02. The van der Waals surface area contributed by atoms with Crippen molar-refractivity contribution >= 4 is 22.8 Å². The Morgan fingerprint density at radius 2 is 1.95 bits per heavy atom. The van der Waals surface area contributed by atoms with Gasteiger partial charge in [-0.05, 0) is 17.2 Å². The average molecular weight is 254 g/mol. The summed E-state index contributed by atoms with van der Waals surface area (Å²) in [5, 5.41) is 9.56. The molecule has 2 aromatic heterocycles. The molecule has 0 fully saturated rings. The van der Waals surface area contributed by atoms with Gasteiger partial charge in [0, 0.05) is 6.20 Å². The number of carbonyl (C=O) groups is 1. The molecular weight excluding hydrogens is 244 g/mol. The minimum absolute atomic E-state index is 0.106. The van der Waals surface area contributed by atoms with Crippen LogP contribution < -0.4 is 5.73 Å². The lowest BCUT2D eigenvalue weighted by atomic mass is 10.0. The predicted molar refractivity (Wildman–Crippen MR) is 70.8 cm³/mol. The van der Waals surface area contributed by atoms with Crippen LogP contribution in [0.1, 0.15) is 10.6 Å². The van der Waals surface area contributed by atoms with Gasteiger partial charge < -0.3 is 15.3 Å². The van der Waals surface area contributed by atoms with Crippen molar-refractivity contribution in [3.63, 3.8) is 0 Å². The predicted octanol–water partition coefficient (Wildman–Crippen LogP) is 2.78. The van der Waals surface area contributed by atoms with Crippen molar-refractivity contribution in [1.82, 2.24) is 4.98 Å². The van der Waals surface area contributed by atoms with Crippen LogP contribution in [0, 0.1) is 0 Å². The Morgan fingerprint density at radius 3 is 2.63 bits per heavy atom. The maximum absolute atomic E-state index is 11.0. The molecule has 0 unspecified atom stereocenters. The van der Waals surface area contributed by atoms with E-state index in [-0.39, 0.29) is 17.2 Å². The van der Waals surface area contributed by atoms with Gasteiger partial charge in [0.05, 0.1) is 11.1 Å². The summed E-state index contributed by atoms with van der Waals surface area (Å²) in [7, 11) is 0. The van der Waals surface area contributed by atoms with Gasteiger partial charge in [0.2, 0.25) is 11.5 Å². The third-order valence-corrected chi connectivity index (χ3v) is 2.91. The molecule has 3 rings (SSSR count). The van der Waals surface area contributed by atoms with Crippen molar-refractivity contribution in [2.75, 3.05) is 5.73 Å². The Balaban J connectivity index is 2.35. The molecule has 0 aliphatic rings. The van der Waals surface area contributed by atoms with E-state index in [1.54, 1.807) is 12.3 Å². The summed E-state index contributed by atoms with van der Waals surface area (Å²) >= 11 is 0. The van der Waals surface area contributed by atoms with Crippen LogP contribution in [0.4, 0.5) is 5.69 Å². The van der Waals surface area contributed by atoms with Crippen molar-refractivity contribution in [1.29, 1.82) is 0 Å². The lowest BCUT2D eigenvalue weighted by molar-refractivity contribution is 0.0666. The number of benzene rings is 1. The molecule has 3 aromatic rings. The summed E-state index contributed by atoms with van der Waals surface area (Å²) in [6, 6.07) is 11.3. The highest BCUT2D eigenvalue weighted by Crippen LogP contribution is 2.35. The molecule has 0 spiro atoms. The molecule has 3 N–H and O–H groups in total. The molecule has 0 aliphatic heterocycles. The second-order valence-corrected chi connectivity index (χ2v) is 4.05. The molecule has 2 heterocycles. The quantitative estimate of drug-likeness (QED) is 0.733. The molecule has 1 aromatic carbocycles. The zero-order valence-corrected chi connectivity index (χ0v) is 9.83. The highest BCUT2D eigenvalue weighted by Gasteiger charge is 2.21. The number of pyridine rings is 1. The molecule has 0 saturated carbocycles. The van der Waals surface area contributed by atoms with Crippen LogP contribution in [-0.2, 0) is 0 Å². The molecule has 5 nitrogen and oxygen atoms in total. The number of fused-ring (bicyclic) bond motifs is 1. The van der Waals surface area contributed by atoms with Crippen molar-refractivity contribution < 1.29 is 14.3 Å². The Kier molecular flexibility index (Phi) is 2.45. The fourth-order valence-corrected chi connectivity index (χ4v) is 2.06. The molecule has 0 aliphatic carbocycles. The van der Waals surface area contributed by atoms with Gasteiger partial charge in [-0.25, -0.2) is 9.78 Å². The maximum Gasteiger partial charge on any atom is 0.374 e. The Hall–Kier alpha value is -2.82. The maximum atomic E-state index is 11.0. The second-order valence-electron chi connectivity index (χ2n) is 4.05. The van der Waals surface area contributed by atoms with E-state index in [1.165, 1.54) is 0 Å². The second kappa shape index (κ2) is 4.13. The first-order chi connectivity index (χ1) is 9.18. The normalized spacial score (nSPS) is 10.7. The van der Waals surface area contributed by atoms with Gasteiger partial charge in [-0.3, -0.25) is 0 Å². The third-order valence-electron chi connectivity index (χ3n) is 2.91. The fourth-order valence-electron chi connectivity index (χ4n) is 2.06. The number of hydrogen-bond acceptors (Lipinski definition) is 4. The number of nitrogens with zero attached hydrogens (tertiary/aromatic N) is 1. The van der Waals surface area contributed by atoms with E-state index in [0.29, 0.717) is 5.39 Å². The number of anilines is 1. The van der Waals surface area contributed by atoms with Gasteiger partial charge in [-0.2, -0.15) is 0 Å². The number of aromatic carboxylic acids is 1. The van der Waals surface area contributed by atoms with Crippen molar-refractivity contribution in [3.05, 3.63) is 48.4 Å². The number of carboxylic acids is 1. The summed E-state index contributed by atoms with van der Waals surface area (Å²) in [5.74, 6) is -1.47. The van der Waals surface area contributed by atoms with Gasteiger partial charge in [0.1, 0.15) is 0 Å². The molecule has 0 saturated heterocycles. The molecule has 19 heavy (non-hydrogen) atoms. The van der Waals surface area contributed by atoms with Crippen LogP contribution in [-0.4, -0.2) is 16.1 Å². The smallest absolute Gasteiger partial charge is 0.374 e. The average Bonchev–Trinajstić information content (AvgIpc) is 2.78. The molecule has 94 valence electrons. The SMILES string of the molecule is Nc1c(C(=O)O)oc2nccc(-c3ccccc3)c12. The first-order valence-corrected chi connectivity index (χ1v) is 5.64. The number of nitrogen functional groups attached to an aromatic ring is 1. The first-order valence-electron chi connectivity index (χ1n) is 5.64. The standard InChI is InChI=1S/C14H10N2O3/c15-11-10-9(8-4-2-1-3-5-8)6-7-16-13(10)19-12(11)14(17)18/h1-7H,15H2,(H,17,18). The largest absolute Gasteiger partial charge is 0.475 e. The van der Waals surface area contributed by atoms with Crippen LogP contribution in [0.2, 0.25) is 0 Å². The van der Waals surface area contributed by atoms with Gasteiger partial charge in [0.25, 0.3) is 0 Å². The number of furan rings is 1. The molecule has 0 radical (unpaired) electrons. The van der Waals surface area contributed by atoms with Crippen LogP contribution >= 0.6 is 0 Å². The van der Waals surface area contributed by atoms with Crippen LogP contribution in [0.15, 0.2) is 47.0 Å². The molecular formula is C14H10N2O3. The summed E-state index contributed by atoms with van der Waals surface area (Å²) in [6.07, 6.45) is 1.57. The van der Waals surface area contributed by atoms with E-state index in [1.807, 2.05) is 30.3 Å². The Bertz CT molecular complexity index is 763. The third kappa shape index (κ3) is 1.72.